The van der Waals surface area contributed by atoms with E-state index in [1.807, 2.05) is 18.2 Å². The summed E-state index contributed by atoms with van der Waals surface area (Å²) >= 11 is 0. The summed E-state index contributed by atoms with van der Waals surface area (Å²) in [7, 11) is 0. The molecule has 108 valence electrons. The van der Waals surface area contributed by atoms with Gasteiger partial charge in [-0.15, -0.1) is 0 Å². The maximum atomic E-state index is 5.69. The van der Waals surface area contributed by atoms with Crippen LogP contribution in [0.15, 0.2) is 42.5 Å². The molecular weight excluding hydrogens is 262 g/mol. The van der Waals surface area contributed by atoms with Gasteiger partial charge in [-0.1, -0.05) is 42.2 Å². The third-order valence-corrected chi connectivity index (χ3v) is 3.56. The molecule has 0 radical (unpaired) electrons. The van der Waals surface area contributed by atoms with E-state index in [1.54, 1.807) is 0 Å². The first-order chi connectivity index (χ1) is 10.4. The molecule has 0 amide bonds. The molecule has 2 aromatic rings. The summed E-state index contributed by atoms with van der Waals surface area (Å²) in [6.45, 7) is 4.80. The van der Waals surface area contributed by atoms with Crippen LogP contribution >= 0.6 is 0 Å². The van der Waals surface area contributed by atoms with Gasteiger partial charge in [0.2, 0.25) is 0 Å². The zero-order chi connectivity index (χ0) is 14.3. The Morgan fingerprint density at radius 3 is 2.67 bits per heavy atom. The topological polar surface area (TPSA) is 21.7 Å². The van der Waals surface area contributed by atoms with Crippen molar-refractivity contribution in [3.63, 3.8) is 0 Å². The summed E-state index contributed by atoms with van der Waals surface area (Å²) < 4.78 is 11.0. The van der Waals surface area contributed by atoms with Crippen LogP contribution in [-0.2, 0) is 4.74 Å². The maximum Gasteiger partial charge on any atom is 0.149 e. The van der Waals surface area contributed by atoms with Crippen LogP contribution in [0.2, 0.25) is 0 Å². The predicted molar refractivity (Wildman–Crippen MR) is 84.5 cm³/mol. The van der Waals surface area contributed by atoms with E-state index in [-0.39, 0.29) is 0 Å². The van der Waals surface area contributed by atoms with E-state index in [4.69, 9.17) is 9.47 Å². The fraction of sp³-hybridized carbons (Fsp3) is 0.333. The van der Waals surface area contributed by atoms with Gasteiger partial charge in [-0.3, -0.25) is 4.90 Å². The molecule has 1 aliphatic heterocycles. The number of fused-ring (bicyclic) bond motifs is 1. The third kappa shape index (κ3) is 3.98. The van der Waals surface area contributed by atoms with Gasteiger partial charge in [0.15, 0.2) is 0 Å². The van der Waals surface area contributed by atoms with E-state index < -0.39 is 0 Å². The number of hydrogen-bond donors (Lipinski definition) is 0. The standard InChI is InChI=1S/C18H19NO2/c1-2-6-17-15-18(8-7-16(17)5-1)21-12-4-3-9-19-10-13-20-14-11-19/h1-2,5-8,15H,9-14H2. The van der Waals surface area contributed by atoms with Gasteiger partial charge < -0.3 is 9.47 Å². The molecule has 3 nitrogen and oxygen atoms in total. The van der Waals surface area contributed by atoms with Crippen molar-refractivity contribution >= 4 is 10.8 Å². The Morgan fingerprint density at radius 1 is 1.00 bits per heavy atom. The Kier molecular flexibility index (Phi) is 4.73. The highest BCUT2D eigenvalue weighted by atomic mass is 16.5. The van der Waals surface area contributed by atoms with E-state index in [0.717, 1.165) is 38.6 Å². The average Bonchev–Trinajstić information content (AvgIpc) is 2.55. The maximum absolute atomic E-state index is 5.69. The molecule has 0 saturated carbocycles. The van der Waals surface area contributed by atoms with Crippen LogP contribution < -0.4 is 4.74 Å². The van der Waals surface area contributed by atoms with Gasteiger partial charge in [-0.05, 0) is 22.9 Å². The first kappa shape index (κ1) is 13.9. The molecule has 0 aliphatic carbocycles. The molecule has 0 bridgehead atoms. The Labute approximate surface area is 125 Å². The summed E-state index contributed by atoms with van der Waals surface area (Å²) in [5, 5.41) is 2.42. The number of morpholine rings is 1. The molecule has 0 unspecified atom stereocenters. The van der Waals surface area contributed by atoms with Gasteiger partial charge in [-0.25, -0.2) is 0 Å². The van der Waals surface area contributed by atoms with E-state index in [9.17, 15) is 0 Å². The minimum atomic E-state index is 0.433. The van der Waals surface area contributed by atoms with Crippen molar-refractivity contribution in [1.82, 2.24) is 4.90 Å². The van der Waals surface area contributed by atoms with Gasteiger partial charge in [0.1, 0.15) is 12.4 Å². The molecule has 1 aliphatic rings. The molecule has 0 aromatic heterocycles. The third-order valence-electron chi connectivity index (χ3n) is 3.56. The Bertz CT molecular complexity index is 651. The number of nitrogens with zero attached hydrogens (tertiary/aromatic N) is 1. The highest BCUT2D eigenvalue weighted by Gasteiger charge is 2.07. The lowest BCUT2D eigenvalue weighted by Crippen LogP contribution is -2.36. The summed E-state index contributed by atoms with van der Waals surface area (Å²) in [5.74, 6) is 7.10. The molecule has 2 aromatic carbocycles. The smallest absolute Gasteiger partial charge is 0.149 e. The number of benzene rings is 2. The van der Waals surface area contributed by atoms with Crippen molar-refractivity contribution in [2.45, 2.75) is 0 Å². The van der Waals surface area contributed by atoms with Crippen LogP contribution in [0.4, 0.5) is 0 Å². The summed E-state index contributed by atoms with van der Waals surface area (Å²) in [5.41, 5.74) is 0. The summed E-state index contributed by atoms with van der Waals surface area (Å²) in [4.78, 5) is 2.30. The van der Waals surface area contributed by atoms with Crippen LogP contribution in [0.1, 0.15) is 0 Å². The molecule has 1 saturated heterocycles. The van der Waals surface area contributed by atoms with E-state index in [0.29, 0.717) is 6.61 Å². The Morgan fingerprint density at radius 2 is 1.81 bits per heavy atom. The van der Waals surface area contributed by atoms with Gasteiger partial charge in [0.25, 0.3) is 0 Å². The van der Waals surface area contributed by atoms with Crippen molar-refractivity contribution in [2.75, 3.05) is 39.5 Å². The zero-order valence-electron chi connectivity index (χ0n) is 12.0. The number of hydrogen-bond acceptors (Lipinski definition) is 3. The minimum Gasteiger partial charge on any atom is -0.481 e. The summed E-state index contributed by atoms with van der Waals surface area (Å²) in [6.07, 6.45) is 0. The highest BCUT2D eigenvalue weighted by molar-refractivity contribution is 5.83. The second kappa shape index (κ2) is 7.12. The first-order valence-corrected chi connectivity index (χ1v) is 7.29. The molecule has 0 atom stereocenters. The van der Waals surface area contributed by atoms with Crippen LogP contribution in [0.5, 0.6) is 5.75 Å². The lowest BCUT2D eigenvalue weighted by molar-refractivity contribution is 0.0443. The summed E-state index contributed by atoms with van der Waals surface area (Å²) in [6, 6.07) is 14.4. The molecule has 1 fully saturated rings. The second-order valence-corrected chi connectivity index (χ2v) is 5.04. The van der Waals surface area contributed by atoms with Crippen molar-refractivity contribution < 1.29 is 9.47 Å². The largest absolute Gasteiger partial charge is 0.481 e. The molecular formula is C18H19NO2. The van der Waals surface area contributed by atoms with Crippen LogP contribution in [0, 0.1) is 11.8 Å². The fourth-order valence-corrected chi connectivity index (χ4v) is 2.35. The highest BCUT2D eigenvalue weighted by Crippen LogP contribution is 2.20. The van der Waals surface area contributed by atoms with Crippen LogP contribution in [0.25, 0.3) is 10.8 Å². The van der Waals surface area contributed by atoms with Gasteiger partial charge >= 0.3 is 0 Å². The average molecular weight is 281 g/mol. The zero-order valence-corrected chi connectivity index (χ0v) is 12.0. The van der Waals surface area contributed by atoms with Crippen molar-refractivity contribution in [1.29, 1.82) is 0 Å². The molecule has 3 heteroatoms. The van der Waals surface area contributed by atoms with Crippen molar-refractivity contribution in [3.8, 4) is 17.6 Å². The van der Waals surface area contributed by atoms with E-state index >= 15 is 0 Å². The van der Waals surface area contributed by atoms with Gasteiger partial charge in [0, 0.05) is 13.1 Å². The molecule has 0 N–H and O–H groups in total. The Balaban J connectivity index is 1.50. The van der Waals surface area contributed by atoms with E-state index in [2.05, 4.69) is 41.0 Å². The predicted octanol–water partition coefficient (Wildman–Crippen LogP) is 2.55. The molecule has 21 heavy (non-hydrogen) atoms. The van der Waals surface area contributed by atoms with Crippen LogP contribution in [0.3, 0.4) is 0 Å². The quantitative estimate of drug-likeness (QED) is 0.807. The van der Waals surface area contributed by atoms with Crippen molar-refractivity contribution in [2.24, 2.45) is 0 Å². The van der Waals surface area contributed by atoms with Gasteiger partial charge in [-0.2, -0.15) is 0 Å². The lowest BCUT2D eigenvalue weighted by Gasteiger charge is -2.24. The Hall–Kier alpha value is -2.02. The molecule has 3 rings (SSSR count). The molecule has 0 spiro atoms. The number of rotatable bonds is 3. The van der Waals surface area contributed by atoms with Gasteiger partial charge in [0.05, 0.1) is 19.8 Å². The lowest BCUT2D eigenvalue weighted by atomic mass is 10.1. The van der Waals surface area contributed by atoms with Crippen molar-refractivity contribution in [3.05, 3.63) is 42.5 Å². The first-order valence-electron chi connectivity index (χ1n) is 7.29. The molecule has 1 heterocycles. The SMILES string of the molecule is C(#CCN1CCOCC1)COc1ccc2ccccc2c1. The fourth-order valence-electron chi connectivity index (χ4n) is 2.35. The minimum absolute atomic E-state index is 0.433. The van der Waals surface area contributed by atoms with E-state index in [1.165, 1.54) is 10.8 Å². The second-order valence-electron chi connectivity index (χ2n) is 5.04. The van der Waals surface area contributed by atoms with Crippen LogP contribution in [-0.4, -0.2) is 44.4 Å². The monoisotopic (exact) mass is 281 g/mol. The number of ether oxygens (including phenoxy) is 2. The normalized spacial score (nSPS) is 15.4.